The number of hydrogen-bond donors (Lipinski definition) is 2. The van der Waals surface area contributed by atoms with Crippen LogP contribution in [0.3, 0.4) is 0 Å². The summed E-state index contributed by atoms with van der Waals surface area (Å²) in [6, 6.07) is 3.33. The molecule has 0 saturated heterocycles. The van der Waals surface area contributed by atoms with Gasteiger partial charge >= 0.3 is 5.97 Å². The van der Waals surface area contributed by atoms with Crippen LogP contribution < -0.4 is 5.32 Å². The second-order valence-electron chi connectivity index (χ2n) is 4.47. The number of carboxylic acids is 1. The first kappa shape index (κ1) is 14.1. The van der Waals surface area contributed by atoms with Crippen LogP contribution in [0.4, 0.5) is 0 Å². The van der Waals surface area contributed by atoms with Gasteiger partial charge < -0.3 is 10.4 Å². The molecule has 1 aromatic rings. The Balaban J connectivity index is 1.90. The molecule has 1 saturated carbocycles. The molecule has 102 valence electrons. The number of rotatable bonds is 4. The van der Waals surface area contributed by atoms with Crippen LogP contribution in [0.2, 0.25) is 4.34 Å². The maximum Gasteiger partial charge on any atom is 0.308 e. The van der Waals surface area contributed by atoms with Crippen LogP contribution in [-0.4, -0.2) is 23.0 Å². The Morgan fingerprint density at radius 2 is 2.21 bits per heavy atom. The lowest BCUT2D eigenvalue weighted by Gasteiger charge is -2.16. The van der Waals surface area contributed by atoms with Crippen LogP contribution in [0, 0.1) is 5.92 Å². The topological polar surface area (TPSA) is 66.4 Å². The van der Waals surface area contributed by atoms with Crippen LogP contribution in [0.25, 0.3) is 6.08 Å². The van der Waals surface area contributed by atoms with Crippen LogP contribution in [0.1, 0.15) is 24.1 Å². The SMILES string of the molecule is O=C(C=Cc1ccc(Cl)s1)NC1CCCC1C(=O)O. The van der Waals surface area contributed by atoms with E-state index in [-0.39, 0.29) is 11.9 Å². The fraction of sp³-hybridized carbons (Fsp3) is 0.385. The van der Waals surface area contributed by atoms with E-state index in [0.717, 1.165) is 17.7 Å². The Hall–Kier alpha value is -1.33. The average Bonchev–Trinajstić information content (AvgIpc) is 2.95. The molecule has 1 aliphatic carbocycles. The number of thiophene rings is 1. The minimum Gasteiger partial charge on any atom is -0.481 e. The number of amides is 1. The van der Waals surface area contributed by atoms with Crippen molar-refractivity contribution in [3.8, 4) is 0 Å². The lowest BCUT2D eigenvalue weighted by Crippen LogP contribution is -2.39. The van der Waals surface area contributed by atoms with Crippen LogP contribution in [0.15, 0.2) is 18.2 Å². The van der Waals surface area contributed by atoms with Gasteiger partial charge in [-0.2, -0.15) is 0 Å². The molecule has 0 aromatic carbocycles. The Labute approximate surface area is 120 Å². The van der Waals surface area contributed by atoms with Gasteiger partial charge in [-0.1, -0.05) is 18.0 Å². The van der Waals surface area contributed by atoms with Crippen LogP contribution in [-0.2, 0) is 9.59 Å². The number of hydrogen-bond acceptors (Lipinski definition) is 3. The highest BCUT2D eigenvalue weighted by atomic mass is 35.5. The van der Waals surface area contributed by atoms with Gasteiger partial charge in [0.1, 0.15) is 0 Å². The third kappa shape index (κ3) is 3.81. The van der Waals surface area contributed by atoms with Gasteiger partial charge in [0.2, 0.25) is 5.91 Å². The van der Waals surface area contributed by atoms with E-state index >= 15 is 0 Å². The number of aliphatic carboxylic acids is 1. The van der Waals surface area contributed by atoms with Crippen molar-refractivity contribution in [2.24, 2.45) is 5.92 Å². The van der Waals surface area contributed by atoms with E-state index in [1.165, 1.54) is 17.4 Å². The predicted molar refractivity (Wildman–Crippen MR) is 75.3 cm³/mol. The monoisotopic (exact) mass is 299 g/mol. The van der Waals surface area contributed by atoms with E-state index in [9.17, 15) is 9.59 Å². The molecule has 2 atom stereocenters. The van der Waals surface area contributed by atoms with Crippen LogP contribution >= 0.6 is 22.9 Å². The normalized spacial score (nSPS) is 22.8. The minimum absolute atomic E-state index is 0.261. The maximum atomic E-state index is 11.7. The maximum absolute atomic E-state index is 11.7. The third-order valence-electron chi connectivity index (χ3n) is 3.15. The van der Waals surface area contributed by atoms with Crippen molar-refractivity contribution in [2.75, 3.05) is 0 Å². The van der Waals surface area contributed by atoms with Crippen molar-refractivity contribution >= 4 is 40.9 Å². The molecule has 0 radical (unpaired) electrons. The minimum atomic E-state index is -0.836. The summed E-state index contributed by atoms with van der Waals surface area (Å²) in [7, 11) is 0. The van der Waals surface area contributed by atoms with Gasteiger partial charge in [0.05, 0.1) is 10.3 Å². The number of carbonyl (C=O) groups is 2. The summed E-state index contributed by atoms with van der Waals surface area (Å²) < 4.78 is 0.668. The fourth-order valence-corrected chi connectivity index (χ4v) is 3.20. The summed E-state index contributed by atoms with van der Waals surface area (Å²) in [5.41, 5.74) is 0. The van der Waals surface area contributed by atoms with Gasteiger partial charge in [0, 0.05) is 17.0 Å². The lowest BCUT2D eigenvalue weighted by molar-refractivity contribution is -0.142. The summed E-state index contributed by atoms with van der Waals surface area (Å²) in [5.74, 6) is -1.56. The number of halogens is 1. The van der Waals surface area contributed by atoms with E-state index in [0.29, 0.717) is 10.8 Å². The number of carboxylic acid groups (broad SMARTS) is 1. The first-order valence-corrected chi connectivity index (χ1v) is 7.22. The zero-order valence-corrected chi connectivity index (χ0v) is 11.7. The van der Waals surface area contributed by atoms with Crippen molar-refractivity contribution in [1.29, 1.82) is 0 Å². The van der Waals surface area contributed by atoms with E-state index in [4.69, 9.17) is 16.7 Å². The first-order chi connectivity index (χ1) is 9.06. The molecule has 6 heteroatoms. The largest absolute Gasteiger partial charge is 0.481 e. The smallest absolute Gasteiger partial charge is 0.308 e. The zero-order chi connectivity index (χ0) is 13.8. The molecule has 0 spiro atoms. The van der Waals surface area contributed by atoms with Crippen molar-refractivity contribution in [3.05, 3.63) is 27.4 Å². The highest BCUT2D eigenvalue weighted by molar-refractivity contribution is 7.17. The molecule has 0 aliphatic heterocycles. The molecule has 1 aromatic heterocycles. The highest BCUT2D eigenvalue weighted by Gasteiger charge is 2.33. The quantitative estimate of drug-likeness (QED) is 0.840. The van der Waals surface area contributed by atoms with Crippen molar-refractivity contribution < 1.29 is 14.7 Å². The second-order valence-corrected chi connectivity index (χ2v) is 6.21. The Kier molecular flexibility index (Phi) is 4.61. The van der Waals surface area contributed by atoms with Gasteiger partial charge in [-0.25, -0.2) is 0 Å². The molecule has 4 nitrogen and oxygen atoms in total. The average molecular weight is 300 g/mol. The zero-order valence-electron chi connectivity index (χ0n) is 10.1. The molecule has 1 amide bonds. The van der Waals surface area contributed by atoms with Crippen LogP contribution in [0.5, 0.6) is 0 Å². The molecule has 19 heavy (non-hydrogen) atoms. The fourth-order valence-electron chi connectivity index (χ4n) is 2.23. The lowest BCUT2D eigenvalue weighted by atomic mass is 10.0. The molecular formula is C13H14ClNO3S. The third-order valence-corrected chi connectivity index (χ3v) is 4.35. The Bertz CT molecular complexity index is 512. The molecule has 2 unspecified atom stereocenters. The van der Waals surface area contributed by atoms with Gasteiger partial charge in [-0.05, 0) is 31.1 Å². The number of nitrogens with one attached hydrogen (secondary N) is 1. The molecule has 2 N–H and O–H groups in total. The van der Waals surface area contributed by atoms with E-state index in [1.54, 1.807) is 12.1 Å². The summed E-state index contributed by atoms with van der Waals surface area (Å²) in [4.78, 5) is 23.6. The van der Waals surface area contributed by atoms with Crippen molar-refractivity contribution in [2.45, 2.75) is 25.3 Å². The number of carbonyl (C=O) groups excluding carboxylic acids is 1. The molecule has 1 fully saturated rings. The molecule has 1 heterocycles. The molecule has 2 rings (SSSR count). The van der Waals surface area contributed by atoms with Gasteiger partial charge in [0.25, 0.3) is 0 Å². The summed E-state index contributed by atoms with van der Waals surface area (Å²) in [6.07, 6.45) is 5.29. The predicted octanol–water partition coefficient (Wildman–Crippen LogP) is 2.78. The standard InChI is InChI=1S/C13H14ClNO3S/c14-11-6-4-8(19-11)5-7-12(16)15-10-3-1-2-9(10)13(17)18/h4-7,9-10H,1-3H2,(H,15,16)(H,17,18). The van der Waals surface area contributed by atoms with Gasteiger partial charge in [-0.15, -0.1) is 11.3 Å². The Morgan fingerprint density at radius 3 is 2.84 bits per heavy atom. The summed E-state index contributed by atoms with van der Waals surface area (Å²) in [6.45, 7) is 0. The van der Waals surface area contributed by atoms with Gasteiger partial charge in [0.15, 0.2) is 0 Å². The highest BCUT2D eigenvalue weighted by Crippen LogP contribution is 2.26. The van der Waals surface area contributed by atoms with Crippen molar-refractivity contribution in [3.63, 3.8) is 0 Å². The first-order valence-electron chi connectivity index (χ1n) is 6.03. The summed E-state index contributed by atoms with van der Waals surface area (Å²) >= 11 is 7.17. The van der Waals surface area contributed by atoms with E-state index in [2.05, 4.69) is 5.32 Å². The molecule has 0 bridgehead atoms. The van der Waals surface area contributed by atoms with E-state index in [1.807, 2.05) is 6.07 Å². The molecule has 1 aliphatic rings. The van der Waals surface area contributed by atoms with E-state index < -0.39 is 11.9 Å². The van der Waals surface area contributed by atoms with Crippen molar-refractivity contribution in [1.82, 2.24) is 5.32 Å². The molecular weight excluding hydrogens is 286 g/mol. The Morgan fingerprint density at radius 1 is 1.42 bits per heavy atom. The van der Waals surface area contributed by atoms with Gasteiger partial charge in [-0.3, -0.25) is 9.59 Å². The second kappa shape index (κ2) is 6.21. The summed E-state index contributed by atoms with van der Waals surface area (Å²) in [5, 5.41) is 11.8.